The molecule has 3 saturated carbocycles. The molecule has 2 aromatic rings. The van der Waals surface area contributed by atoms with E-state index in [1.807, 2.05) is 7.05 Å². The Morgan fingerprint density at radius 1 is 1.07 bits per heavy atom. The van der Waals surface area contributed by atoms with Crippen molar-refractivity contribution >= 4 is 22.4 Å². The van der Waals surface area contributed by atoms with Crippen LogP contribution in [0.5, 0.6) is 0 Å². The number of aromatic nitrogens is 2. The maximum absolute atomic E-state index is 11.4. The average molecular weight is 578 g/mol. The van der Waals surface area contributed by atoms with Crippen molar-refractivity contribution in [1.82, 2.24) is 10.3 Å². The van der Waals surface area contributed by atoms with Gasteiger partial charge < -0.3 is 4.90 Å². The fraction of sp³-hybridized carbons (Fsp3) is 0.758. The summed E-state index contributed by atoms with van der Waals surface area (Å²) in [5.41, 5.74) is 3.63. The van der Waals surface area contributed by atoms with Gasteiger partial charge in [-0.05, 0) is 122 Å². The molecule has 9 nitrogen and oxygen atoms in total. The first kappa shape index (κ1) is 29.2. The summed E-state index contributed by atoms with van der Waals surface area (Å²) in [6, 6.07) is 3.41. The van der Waals surface area contributed by atoms with Crippen LogP contribution in [0, 0.1) is 55.4 Å². The van der Waals surface area contributed by atoms with Crippen LogP contribution in [0.3, 0.4) is 0 Å². The molecular formula is C33H47N5O4. The maximum Gasteiger partial charge on any atom is 0.300 e. The third-order valence-electron chi connectivity index (χ3n) is 12.9. The average Bonchev–Trinajstić information content (AvgIpc) is 3.60. The van der Waals surface area contributed by atoms with E-state index in [2.05, 4.69) is 54.2 Å². The van der Waals surface area contributed by atoms with E-state index in [1.54, 1.807) is 11.6 Å². The number of anilines is 1. The quantitative estimate of drug-likeness (QED) is 0.127. The van der Waals surface area contributed by atoms with E-state index in [0.717, 1.165) is 61.5 Å². The lowest BCUT2D eigenvalue weighted by molar-refractivity contribution is -0.383. The molecule has 0 aliphatic heterocycles. The van der Waals surface area contributed by atoms with Gasteiger partial charge in [-0.15, -0.1) is 0 Å². The molecule has 0 amide bonds. The number of nitrogens with zero attached hydrogens (tertiary/aromatic N) is 5. The van der Waals surface area contributed by atoms with Gasteiger partial charge in [0.05, 0.1) is 10.6 Å². The van der Waals surface area contributed by atoms with Crippen LogP contribution in [0.1, 0.15) is 98.3 Å². The van der Waals surface area contributed by atoms with Crippen molar-refractivity contribution < 1.29 is 9.55 Å². The highest BCUT2D eigenvalue weighted by molar-refractivity contribution is 5.93. The van der Waals surface area contributed by atoms with Crippen molar-refractivity contribution in [1.29, 1.82) is 0 Å². The molecule has 6 rings (SSSR count). The lowest BCUT2D eigenvalue weighted by atomic mass is 9.46. The monoisotopic (exact) mass is 577 g/mol. The number of hydrogen-bond donors (Lipinski definition) is 0. The van der Waals surface area contributed by atoms with Gasteiger partial charge in [0.25, 0.3) is 0 Å². The standard InChI is InChI=1S/C33H47N5O4/c1-20(7-6-8-21(2)37(5)28-13-14-29(38(40)41)31-30(28)35-42-36-31)25-11-12-26-24-10-9-22-19-23(34-39)15-17-32(22,3)27(24)16-18-33(25,26)4/h13-14,19-21,23-27H,6-12,15-18H2,1-5H3/t20-,21?,23?,24+,25-,26+,27+,32+,33-/m1/s1. The summed E-state index contributed by atoms with van der Waals surface area (Å²) in [5, 5.41) is 22.5. The van der Waals surface area contributed by atoms with Crippen LogP contribution in [-0.4, -0.2) is 34.4 Å². The summed E-state index contributed by atoms with van der Waals surface area (Å²) in [7, 11) is 2.03. The Hall–Kier alpha value is -2.84. The third-order valence-corrected chi connectivity index (χ3v) is 12.9. The molecule has 42 heavy (non-hydrogen) atoms. The first-order valence-corrected chi connectivity index (χ1v) is 16.2. The van der Waals surface area contributed by atoms with E-state index in [1.165, 1.54) is 44.6 Å². The van der Waals surface area contributed by atoms with E-state index < -0.39 is 4.92 Å². The van der Waals surface area contributed by atoms with Crippen molar-refractivity contribution in [3.8, 4) is 0 Å². The molecule has 4 aliphatic carbocycles. The molecule has 3 fully saturated rings. The fourth-order valence-corrected chi connectivity index (χ4v) is 10.4. The highest BCUT2D eigenvalue weighted by atomic mass is 16.6. The topological polar surface area (TPSA) is 115 Å². The number of nitroso groups, excluding NO2 is 1. The second kappa shape index (κ2) is 11.0. The minimum absolute atomic E-state index is 0.0795. The van der Waals surface area contributed by atoms with E-state index in [4.69, 9.17) is 4.63 Å². The van der Waals surface area contributed by atoms with Gasteiger partial charge in [-0.1, -0.05) is 50.4 Å². The highest BCUT2D eigenvalue weighted by Crippen LogP contribution is 2.67. The van der Waals surface area contributed by atoms with E-state index in [0.29, 0.717) is 16.8 Å². The molecule has 4 aliphatic rings. The summed E-state index contributed by atoms with van der Waals surface area (Å²) in [4.78, 5) is 24.4. The van der Waals surface area contributed by atoms with Gasteiger partial charge in [-0.25, -0.2) is 4.63 Å². The minimum atomic E-state index is -0.442. The number of nitro benzene ring substituents is 1. The number of non-ortho nitro benzene ring substituents is 1. The molecule has 0 bridgehead atoms. The molecule has 9 atom stereocenters. The van der Waals surface area contributed by atoms with Gasteiger partial charge >= 0.3 is 5.69 Å². The van der Waals surface area contributed by atoms with Crippen molar-refractivity contribution in [2.75, 3.05) is 11.9 Å². The third kappa shape index (κ3) is 4.66. The summed E-state index contributed by atoms with van der Waals surface area (Å²) < 4.78 is 4.87. The van der Waals surface area contributed by atoms with Gasteiger partial charge in [0.2, 0.25) is 5.52 Å². The van der Waals surface area contributed by atoms with Crippen LogP contribution in [0.25, 0.3) is 11.0 Å². The molecule has 0 spiro atoms. The van der Waals surface area contributed by atoms with Gasteiger partial charge in [0, 0.05) is 19.2 Å². The normalized spacial score (nSPS) is 35.5. The summed E-state index contributed by atoms with van der Waals surface area (Å²) in [6.45, 7) is 9.85. The van der Waals surface area contributed by atoms with Crippen LogP contribution >= 0.6 is 0 Å². The molecule has 1 aromatic carbocycles. The van der Waals surface area contributed by atoms with Gasteiger partial charge in [-0.3, -0.25) is 10.1 Å². The van der Waals surface area contributed by atoms with Crippen molar-refractivity contribution in [3.05, 3.63) is 38.8 Å². The Kier molecular flexibility index (Phi) is 7.67. The Morgan fingerprint density at radius 2 is 1.86 bits per heavy atom. The van der Waals surface area contributed by atoms with Crippen LogP contribution in [-0.2, 0) is 0 Å². The zero-order valence-electron chi connectivity index (χ0n) is 25.9. The van der Waals surface area contributed by atoms with Gasteiger partial charge in [-0.2, -0.15) is 4.91 Å². The van der Waals surface area contributed by atoms with E-state index >= 15 is 0 Å². The Balaban J connectivity index is 1.07. The molecule has 0 N–H and O–H groups in total. The molecule has 2 unspecified atom stereocenters. The van der Waals surface area contributed by atoms with Crippen molar-refractivity contribution in [2.24, 2.45) is 45.6 Å². The number of benzene rings is 1. The largest absolute Gasteiger partial charge is 0.370 e. The predicted molar refractivity (Wildman–Crippen MR) is 164 cm³/mol. The van der Waals surface area contributed by atoms with Crippen LogP contribution in [0.15, 0.2) is 33.6 Å². The molecule has 9 heteroatoms. The second-order valence-electron chi connectivity index (χ2n) is 14.7. The van der Waals surface area contributed by atoms with Gasteiger partial charge in [0.1, 0.15) is 6.04 Å². The summed E-state index contributed by atoms with van der Waals surface area (Å²) in [5.74, 6) is 3.89. The number of rotatable bonds is 9. The Bertz CT molecular complexity index is 1370. The molecule has 0 radical (unpaired) electrons. The first-order valence-electron chi connectivity index (χ1n) is 16.2. The highest BCUT2D eigenvalue weighted by Gasteiger charge is 2.59. The molecule has 0 saturated heterocycles. The minimum Gasteiger partial charge on any atom is -0.370 e. The zero-order chi connectivity index (χ0) is 29.8. The molecule has 1 aromatic heterocycles. The van der Waals surface area contributed by atoms with E-state index in [-0.39, 0.29) is 28.7 Å². The SMILES string of the molecule is CC(CCC[C@@H](C)[C@H]1CC[C@H]2[C@@H]3CCC4=CC(N=O)CC[C@]4(C)[C@H]3CC[C@]12C)N(C)c1ccc([N+](=O)[O-])c2nonc12. The second-order valence-corrected chi connectivity index (χ2v) is 14.7. The van der Waals surface area contributed by atoms with Crippen LogP contribution in [0.2, 0.25) is 0 Å². The van der Waals surface area contributed by atoms with Gasteiger partial charge in [0.15, 0.2) is 5.52 Å². The maximum atomic E-state index is 11.4. The number of fused-ring (bicyclic) bond motifs is 6. The zero-order valence-corrected chi connectivity index (χ0v) is 25.9. The first-order chi connectivity index (χ1) is 20.1. The molecule has 1 heterocycles. The van der Waals surface area contributed by atoms with E-state index in [9.17, 15) is 15.0 Å². The lowest BCUT2D eigenvalue weighted by Gasteiger charge is -2.59. The Morgan fingerprint density at radius 3 is 2.62 bits per heavy atom. The van der Waals surface area contributed by atoms with Crippen LogP contribution in [0.4, 0.5) is 11.4 Å². The Labute approximate surface area is 248 Å². The molecular weight excluding hydrogens is 530 g/mol. The summed E-state index contributed by atoms with van der Waals surface area (Å²) >= 11 is 0. The van der Waals surface area contributed by atoms with Crippen molar-refractivity contribution in [3.63, 3.8) is 0 Å². The smallest absolute Gasteiger partial charge is 0.300 e. The summed E-state index contributed by atoms with van der Waals surface area (Å²) in [6.07, 6.45) is 15.6. The van der Waals surface area contributed by atoms with Crippen LogP contribution < -0.4 is 4.90 Å². The number of allylic oxidation sites excluding steroid dienone is 1. The molecule has 228 valence electrons. The number of nitro groups is 1. The number of hydrogen-bond acceptors (Lipinski definition) is 8. The fourth-order valence-electron chi connectivity index (χ4n) is 10.4. The predicted octanol–water partition coefficient (Wildman–Crippen LogP) is 8.48. The lowest BCUT2D eigenvalue weighted by Crippen LogP contribution is -2.51. The van der Waals surface area contributed by atoms with Crippen molar-refractivity contribution in [2.45, 2.75) is 110 Å².